The Morgan fingerprint density at radius 1 is 1.44 bits per heavy atom. The Kier molecular flexibility index (Phi) is 3.68. The van der Waals surface area contributed by atoms with Crippen molar-refractivity contribution in [2.45, 2.75) is 6.42 Å². The predicted molar refractivity (Wildman–Crippen MR) is 66.6 cm³/mol. The summed E-state index contributed by atoms with van der Waals surface area (Å²) in [5, 5.41) is 19.3. The minimum atomic E-state index is -0.460. The second kappa shape index (κ2) is 5.41. The number of hydrogen-bond donors (Lipinski definition) is 1. The van der Waals surface area contributed by atoms with Crippen molar-refractivity contribution in [3.63, 3.8) is 0 Å². The largest absolute Gasteiger partial charge is 0.493 e. The zero-order valence-corrected chi connectivity index (χ0v) is 10.1. The number of benzene rings is 1. The van der Waals surface area contributed by atoms with Gasteiger partial charge < -0.3 is 10.5 Å². The molecule has 1 aromatic heterocycles. The molecular formula is C10H10N4O3S. The molecule has 0 bridgehead atoms. The number of aromatic nitrogens is 2. The first-order chi connectivity index (χ1) is 8.65. The SMILES string of the molecule is Nc1nnc(CCOc2cccc([N+](=O)[O-])c2)s1. The highest BCUT2D eigenvalue weighted by Crippen LogP contribution is 2.19. The van der Waals surface area contributed by atoms with Gasteiger partial charge in [-0.05, 0) is 6.07 Å². The van der Waals surface area contributed by atoms with Crippen LogP contribution in [0.25, 0.3) is 0 Å². The van der Waals surface area contributed by atoms with Gasteiger partial charge in [-0.25, -0.2) is 0 Å². The number of nitro benzene ring substituents is 1. The normalized spacial score (nSPS) is 10.2. The Morgan fingerprint density at radius 2 is 2.28 bits per heavy atom. The van der Waals surface area contributed by atoms with E-state index in [0.717, 1.165) is 5.01 Å². The van der Waals surface area contributed by atoms with Gasteiger partial charge in [0.1, 0.15) is 10.8 Å². The maximum atomic E-state index is 10.6. The number of nitrogen functional groups attached to an aromatic ring is 1. The number of hydrogen-bond acceptors (Lipinski definition) is 7. The first-order valence-corrected chi connectivity index (χ1v) is 5.92. The molecule has 0 aliphatic rings. The summed E-state index contributed by atoms with van der Waals surface area (Å²) in [6.07, 6.45) is 0.567. The third kappa shape index (κ3) is 3.14. The van der Waals surface area contributed by atoms with E-state index in [0.29, 0.717) is 23.9 Å². The average molecular weight is 266 g/mol. The highest BCUT2D eigenvalue weighted by atomic mass is 32.1. The van der Waals surface area contributed by atoms with E-state index in [1.54, 1.807) is 12.1 Å². The molecule has 94 valence electrons. The lowest BCUT2D eigenvalue weighted by molar-refractivity contribution is -0.384. The van der Waals surface area contributed by atoms with Crippen molar-refractivity contribution in [1.82, 2.24) is 10.2 Å². The second-order valence-corrected chi connectivity index (χ2v) is 4.48. The van der Waals surface area contributed by atoms with E-state index in [1.807, 2.05) is 0 Å². The van der Waals surface area contributed by atoms with Crippen LogP contribution in [0, 0.1) is 10.1 Å². The van der Waals surface area contributed by atoms with Crippen molar-refractivity contribution in [3.8, 4) is 5.75 Å². The first kappa shape index (κ1) is 12.2. The van der Waals surface area contributed by atoms with Gasteiger partial charge in [-0.1, -0.05) is 17.4 Å². The first-order valence-electron chi connectivity index (χ1n) is 5.10. The van der Waals surface area contributed by atoms with E-state index in [4.69, 9.17) is 10.5 Å². The Hall–Kier alpha value is -2.22. The van der Waals surface area contributed by atoms with Crippen molar-refractivity contribution in [1.29, 1.82) is 0 Å². The van der Waals surface area contributed by atoms with Gasteiger partial charge in [0, 0.05) is 12.5 Å². The van der Waals surface area contributed by atoms with Gasteiger partial charge in [0.25, 0.3) is 5.69 Å². The van der Waals surface area contributed by atoms with Crippen LogP contribution < -0.4 is 10.5 Å². The molecule has 2 rings (SSSR count). The number of nitro groups is 1. The van der Waals surface area contributed by atoms with Crippen molar-refractivity contribution >= 4 is 22.2 Å². The Bertz CT molecular complexity index is 558. The van der Waals surface area contributed by atoms with Crippen molar-refractivity contribution < 1.29 is 9.66 Å². The van der Waals surface area contributed by atoms with Crippen LogP contribution in [0.1, 0.15) is 5.01 Å². The smallest absolute Gasteiger partial charge is 0.273 e. The van der Waals surface area contributed by atoms with Gasteiger partial charge in [0.2, 0.25) is 5.13 Å². The number of non-ortho nitro benzene ring substituents is 1. The molecule has 0 amide bonds. The molecule has 0 aliphatic carbocycles. The summed E-state index contributed by atoms with van der Waals surface area (Å²) in [7, 11) is 0. The highest BCUT2D eigenvalue weighted by molar-refractivity contribution is 7.15. The van der Waals surface area contributed by atoms with E-state index in [2.05, 4.69) is 10.2 Å². The molecule has 18 heavy (non-hydrogen) atoms. The lowest BCUT2D eigenvalue weighted by Crippen LogP contribution is -2.01. The average Bonchev–Trinajstić information content (AvgIpc) is 2.75. The molecule has 1 aromatic carbocycles. The zero-order valence-electron chi connectivity index (χ0n) is 9.28. The molecule has 2 aromatic rings. The number of nitrogens with zero attached hydrogens (tertiary/aromatic N) is 3. The summed E-state index contributed by atoms with van der Waals surface area (Å²) < 4.78 is 5.40. The van der Waals surface area contributed by atoms with Crippen LogP contribution in [-0.2, 0) is 6.42 Å². The van der Waals surface area contributed by atoms with E-state index < -0.39 is 4.92 Å². The van der Waals surface area contributed by atoms with Crippen LogP contribution >= 0.6 is 11.3 Å². The van der Waals surface area contributed by atoms with Crippen LogP contribution in [0.3, 0.4) is 0 Å². The summed E-state index contributed by atoms with van der Waals surface area (Å²) in [6, 6.07) is 6.05. The fourth-order valence-corrected chi connectivity index (χ4v) is 1.90. The van der Waals surface area contributed by atoms with Gasteiger partial charge in [-0.3, -0.25) is 10.1 Å². The molecule has 0 saturated heterocycles. The minimum Gasteiger partial charge on any atom is -0.493 e. The molecular weight excluding hydrogens is 256 g/mol. The monoisotopic (exact) mass is 266 g/mol. The number of anilines is 1. The van der Waals surface area contributed by atoms with Gasteiger partial charge in [-0.2, -0.15) is 0 Å². The molecule has 0 saturated carbocycles. The van der Waals surface area contributed by atoms with Crippen LogP contribution in [-0.4, -0.2) is 21.7 Å². The van der Waals surface area contributed by atoms with Gasteiger partial charge >= 0.3 is 0 Å². The Morgan fingerprint density at radius 3 is 2.94 bits per heavy atom. The lowest BCUT2D eigenvalue weighted by atomic mass is 10.3. The van der Waals surface area contributed by atoms with Crippen LogP contribution in [0.15, 0.2) is 24.3 Å². The summed E-state index contributed by atoms with van der Waals surface area (Å²) in [4.78, 5) is 10.1. The van der Waals surface area contributed by atoms with E-state index in [1.165, 1.54) is 23.5 Å². The molecule has 0 unspecified atom stereocenters. The molecule has 0 fully saturated rings. The number of ether oxygens (including phenoxy) is 1. The fourth-order valence-electron chi connectivity index (χ4n) is 1.31. The summed E-state index contributed by atoms with van der Waals surface area (Å²) in [5.74, 6) is 0.460. The quantitative estimate of drug-likeness (QED) is 0.651. The maximum Gasteiger partial charge on any atom is 0.273 e. The topological polar surface area (TPSA) is 104 Å². The van der Waals surface area contributed by atoms with Crippen LogP contribution in [0.4, 0.5) is 10.8 Å². The van der Waals surface area contributed by atoms with Crippen LogP contribution in [0.2, 0.25) is 0 Å². The highest BCUT2D eigenvalue weighted by Gasteiger charge is 2.07. The summed E-state index contributed by atoms with van der Waals surface area (Å²) in [6.45, 7) is 0.371. The van der Waals surface area contributed by atoms with Gasteiger partial charge in [-0.15, -0.1) is 10.2 Å². The van der Waals surface area contributed by atoms with Crippen molar-refractivity contribution in [2.24, 2.45) is 0 Å². The molecule has 1 heterocycles. The van der Waals surface area contributed by atoms with Crippen LogP contribution in [0.5, 0.6) is 5.75 Å². The number of nitrogens with two attached hydrogens (primary N) is 1. The second-order valence-electron chi connectivity index (χ2n) is 3.39. The van der Waals surface area contributed by atoms with Gasteiger partial charge in [0.05, 0.1) is 17.6 Å². The molecule has 0 aliphatic heterocycles. The lowest BCUT2D eigenvalue weighted by Gasteiger charge is -2.03. The minimum absolute atomic E-state index is 0.00709. The van der Waals surface area contributed by atoms with Gasteiger partial charge in [0.15, 0.2) is 0 Å². The van der Waals surface area contributed by atoms with Crippen molar-refractivity contribution in [3.05, 3.63) is 39.4 Å². The third-order valence-electron chi connectivity index (χ3n) is 2.10. The maximum absolute atomic E-state index is 10.6. The summed E-state index contributed by atoms with van der Waals surface area (Å²) in [5.41, 5.74) is 5.45. The van der Waals surface area contributed by atoms with E-state index in [9.17, 15) is 10.1 Å². The zero-order chi connectivity index (χ0) is 13.0. The van der Waals surface area contributed by atoms with E-state index >= 15 is 0 Å². The molecule has 0 radical (unpaired) electrons. The molecule has 8 heteroatoms. The molecule has 2 N–H and O–H groups in total. The molecule has 0 atom stereocenters. The molecule has 0 spiro atoms. The third-order valence-corrected chi connectivity index (χ3v) is 2.91. The Balaban J connectivity index is 1.90. The predicted octanol–water partition coefficient (Wildman–Crippen LogP) is 1.65. The van der Waals surface area contributed by atoms with E-state index in [-0.39, 0.29) is 5.69 Å². The standard InChI is InChI=1S/C10H10N4O3S/c11-10-13-12-9(18-10)4-5-17-8-3-1-2-7(6-8)14(15)16/h1-3,6H,4-5H2,(H2,11,13). The fraction of sp³-hybridized carbons (Fsp3) is 0.200. The van der Waals surface area contributed by atoms with Crippen molar-refractivity contribution in [2.75, 3.05) is 12.3 Å². The summed E-state index contributed by atoms with van der Waals surface area (Å²) >= 11 is 1.30. The number of rotatable bonds is 5. The molecule has 7 nitrogen and oxygen atoms in total. The Labute approximate surface area is 106 Å².